The van der Waals surface area contributed by atoms with E-state index in [1.807, 2.05) is 31.1 Å². The topological polar surface area (TPSA) is 67.1 Å². The largest absolute Gasteiger partial charge is 0.352 e. The van der Waals surface area contributed by atoms with Crippen molar-refractivity contribution >= 4 is 41.3 Å². The molecular weight excluding hydrogens is 411 g/mol. The highest BCUT2D eigenvalue weighted by Gasteiger charge is 2.10. The first kappa shape index (κ1) is 18.9. The summed E-state index contributed by atoms with van der Waals surface area (Å²) in [5, 5.41) is 11.1. The smallest absolute Gasteiger partial charge is 0.191 e. The monoisotopic (exact) mass is 434 g/mol. The second-order valence-electron chi connectivity index (χ2n) is 4.91. The lowest BCUT2D eigenvalue weighted by Crippen LogP contribution is -2.36. The second kappa shape index (κ2) is 8.47. The van der Waals surface area contributed by atoms with Gasteiger partial charge in [0.05, 0.1) is 23.4 Å². The number of aryl methyl sites for hydroxylation is 3. The molecule has 2 heterocycles. The van der Waals surface area contributed by atoms with Gasteiger partial charge in [-0.2, -0.15) is 5.10 Å². The van der Waals surface area contributed by atoms with Crippen molar-refractivity contribution in [3.8, 4) is 0 Å². The average molecular weight is 434 g/mol. The molecule has 6 nitrogen and oxygen atoms in total. The number of thiazole rings is 1. The van der Waals surface area contributed by atoms with E-state index in [-0.39, 0.29) is 24.0 Å². The summed E-state index contributed by atoms with van der Waals surface area (Å²) in [6.07, 6.45) is 0. The Morgan fingerprint density at radius 2 is 1.91 bits per heavy atom. The van der Waals surface area contributed by atoms with E-state index in [0.717, 1.165) is 23.9 Å². The lowest BCUT2D eigenvalue weighted by Gasteiger charge is -2.11. The van der Waals surface area contributed by atoms with Gasteiger partial charge in [0, 0.05) is 36.8 Å². The van der Waals surface area contributed by atoms with Crippen molar-refractivity contribution in [1.29, 1.82) is 0 Å². The summed E-state index contributed by atoms with van der Waals surface area (Å²) in [7, 11) is 3.74. The molecule has 0 aliphatic carbocycles. The van der Waals surface area contributed by atoms with Crippen molar-refractivity contribution in [2.75, 3.05) is 7.05 Å². The average Bonchev–Trinajstić information content (AvgIpc) is 2.96. The van der Waals surface area contributed by atoms with E-state index in [1.54, 1.807) is 18.4 Å². The molecule has 0 aliphatic rings. The molecule has 0 unspecified atom stereocenters. The SMILES string of the molecule is CN=C(NCc1scnc1C)NCc1c(C)nn(C)c1C.I. The number of aromatic nitrogens is 3. The van der Waals surface area contributed by atoms with Gasteiger partial charge in [-0.25, -0.2) is 4.98 Å². The molecule has 2 aromatic rings. The summed E-state index contributed by atoms with van der Waals surface area (Å²) in [6, 6.07) is 0. The number of halogens is 1. The first-order chi connectivity index (χ1) is 10.0. The molecule has 2 N–H and O–H groups in total. The van der Waals surface area contributed by atoms with Gasteiger partial charge < -0.3 is 10.6 Å². The number of hydrogen-bond donors (Lipinski definition) is 2. The van der Waals surface area contributed by atoms with Gasteiger partial charge in [-0.3, -0.25) is 9.67 Å². The van der Waals surface area contributed by atoms with Gasteiger partial charge in [-0.1, -0.05) is 0 Å². The Morgan fingerprint density at radius 1 is 1.23 bits per heavy atom. The molecule has 0 aromatic carbocycles. The molecule has 0 spiro atoms. The standard InChI is InChI=1S/C14H22N6S.HI/c1-9-12(11(3)20(5)19-9)6-16-14(15-4)17-7-13-10(2)18-8-21-13;/h8H,6-7H2,1-5H3,(H2,15,16,17);1H. The van der Waals surface area contributed by atoms with Crippen molar-refractivity contribution in [2.24, 2.45) is 12.0 Å². The molecule has 2 rings (SSSR count). The van der Waals surface area contributed by atoms with Gasteiger partial charge in [0.25, 0.3) is 0 Å². The quantitative estimate of drug-likeness (QED) is 0.440. The zero-order chi connectivity index (χ0) is 15.4. The number of guanidine groups is 1. The van der Waals surface area contributed by atoms with Crippen LogP contribution in [0.1, 0.15) is 27.5 Å². The summed E-state index contributed by atoms with van der Waals surface area (Å²) >= 11 is 1.65. The fraction of sp³-hybridized carbons (Fsp3) is 0.500. The Bertz CT molecular complexity index is 646. The Labute approximate surface area is 152 Å². The van der Waals surface area contributed by atoms with E-state index in [2.05, 4.69) is 32.6 Å². The van der Waals surface area contributed by atoms with E-state index in [9.17, 15) is 0 Å². The Hall–Kier alpha value is -1.16. The number of aliphatic imine (C=N–C) groups is 1. The number of nitrogens with zero attached hydrogens (tertiary/aromatic N) is 4. The van der Waals surface area contributed by atoms with Gasteiger partial charge in [-0.05, 0) is 20.8 Å². The molecule has 0 atom stereocenters. The number of rotatable bonds is 4. The van der Waals surface area contributed by atoms with Crippen LogP contribution in [-0.2, 0) is 20.1 Å². The molecule has 0 fully saturated rings. The third-order valence-corrected chi connectivity index (χ3v) is 4.51. The minimum atomic E-state index is 0. The van der Waals surface area contributed by atoms with Crippen LogP contribution in [-0.4, -0.2) is 27.8 Å². The van der Waals surface area contributed by atoms with Crippen molar-refractivity contribution in [2.45, 2.75) is 33.9 Å². The molecule has 0 saturated heterocycles. The molecule has 0 bridgehead atoms. The third kappa shape index (κ3) is 4.42. The van der Waals surface area contributed by atoms with Crippen LogP contribution in [0.15, 0.2) is 10.5 Å². The zero-order valence-electron chi connectivity index (χ0n) is 13.6. The maximum absolute atomic E-state index is 4.42. The molecule has 0 aliphatic heterocycles. The summed E-state index contributed by atoms with van der Waals surface area (Å²) in [5.41, 5.74) is 6.38. The van der Waals surface area contributed by atoms with Gasteiger partial charge >= 0.3 is 0 Å². The third-order valence-electron chi connectivity index (χ3n) is 3.58. The van der Waals surface area contributed by atoms with Crippen LogP contribution in [0.2, 0.25) is 0 Å². The van der Waals surface area contributed by atoms with Crippen LogP contribution >= 0.6 is 35.3 Å². The Kier molecular flexibility index (Phi) is 7.27. The minimum absolute atomic E-state index is 0. The first-order valence-corrected chi connectivity index (χ1v) is 7.73. The van der Waals surface area contributed by atoms with E-state index in [4.69, 9.17) is 0 Å². The van der Waals surface area contributed by atoms with Crippen molar-refractivity contribution < 1.29 is 0 Å². The van der Waals surface area contributed by atoms with Gasteiger partial charge in [0.2, 0.25) is 0 Å². The van der Waals surface area contributed by atoms with Gasteiger partial charge in [0.1, 0.15) is 0 Å². The Morgan fingerprint density at radius 3 is 2.41 bits per heavy atom. The number of hydrogen-bond acceptors (Lipinski definition) is 4. The van der Waals surface area contributed by atoms with Crippen LogP contribution in [0, 0.1) is 20.8 Å². The van der Waals surface area contributed by atoms with Crippen LogP contribution in [0.3, 0.4) is 0 Å². The minimum Gasteiger partial charge on any atom is -0.352 e. The van der Waals surface area contributed by atoms with Crippen LogP contribution in [0.25, 0.3) is 0 Å². The van der Waals surface area contributed by atoms with E-state index >= 15 is 0 Å². The maximum atomic E-state index is 4.42. The summed E-state index contributed by atoms with van der Waals surface area (Å²) < 4.78 is 1.91. The molecule has 0 amide bonds. The fourth-order valence-electron chi connectivity index (χ4n) is 2.13. The lowest BCUT2D eigenvalue weighted by atomic mass is 10.2. The van der Waals surface area contributed by atoms with Gasteiger partial charge in [0.15, 0.2) is 5.96 Å². The zero-order valence-corrected chi connectivity index (χ0v) is 16.7. The lowest BCUT2D eigenvalue weighted by molar-refractivity contribution is 0.728. The fourth-order valence-corrected chi connectivity index (χ4v) is 2.84. The predicted octanol–water partition coefficient (Wildman–Crippen LogP) is 2.29. The summed E-state index contributed by atoms with van der Waals surface area (Å²) in [4.78, 5) is 9.73. The molecule has 0 radical (unpaired) electrons. The Balaban J connectivity index is 0.00000242. The summed E-state index contributed by atoms with van der Waals surface area (Å²) in [5.74, 6) is 0.783. The first-order valence-electron chi connectivity index (χ1n) is 6.85. The highest BCUT2D eigenvalue weighted by atomic mass is 127. The van der Waals surface area contributed by atoms with E-state index < -0.39 is 0 Å². The van der Waals surface area contributed by atoms with Crippen molar-refractivity contribution in [1.82, 2.24) is 25.4 Å². The van der Waals surface area contributed by atoms with Crippen LogP contribution in [0.4, 0.5) is 0 Å². The molecule has 2 aromatic heterocycles. The van der Waals surface area contributed by atoms with Crippen molar-refractivity contribution in [3.63, 3.8) is 0 Å². The molecule has 8 heteroatoms. The predicted molar refractivity (Wildman–Crippen MR) is 102 cm³/mol. The maximum Gasteiger partial charge on any atom is 0.191 e. The van der Waals surface area contributed by atoms with E-state index in [0.29, 0.717) is 6.54 Å². The van der Waals surface area contributed by atoms with Crippen LogP contribution in [0.5, 0.6) is 0 Å². The molecular formula is C14H23IN6S. The van der Waals surface area contributed by atoms with Gasteiger partial charge in [-0.15, -0.1) is 35.3 Å². The molecule has 22 heavy (non-hydrogen) atoms. The van der Waals surface area contributed by atoms with Crippen molar-refractivity contribution in [3.05, 3.63) is 33.0 Å². The highest BCUT2D eigenvalue weighted by Crippen LogP contribution is 2.12. The molecule has 122 valence electrons. The number of nitrogens with one attached hydrogen (secondary N) is 2. The normalized spacial score (nSPS) is 11.2. The molecule has 0 saturated carbocycles. The van der Waals surface area contributed by atoms with Crippen LogP contribution < -0.4 is 10.6 Å². The highest BCUT2D eigenvalue weighted by molar-refractivity contribution is 14.0. The summed E-state index contributed by atoms with van der Waals surface area (Å²) in [6.45, 7) is 7.58. The van der Waals surface area contributed by atoms with E-state index in [1.165, 1.54) is 16.1 Å². The second-order valence-corrected chi connectivity index (χ2v) is 5.85.